The summed E-state index contributed by atoms with van der Waals surface area (Å²) in [7, 11) is 0. The Kier molecular flexibility index (Phi) is 3.20. The number of nitrogen functional groups attached to an aromatic ring is 1. The lowest BCUT2D eigenvalue weighted by molar-refractivity contribution is 0.392. The average Bonchev–Trinajstić information content (AvgIpc) is 2.68. The minimum absolute atomic E-state index is 0.529. The van der Waals surface area contributed by atoms with Crippen LogP contribution in [0.3, 0.4) is 0 Å². The van der Waals surface area contributed by atoms with Crippen LogP contribution in [0.15, 0.2) is 22.7 Å². The predicted molar refractivity (Wildman–Crippen MR) is 68.9 cm³/mol. The smallest absolute Gasteiger partial charge is 0.138 e. The van der Waals surface area contributed by atoms with E-state index in [0.29, 0.717) is 17.8 Å². The first-order valence-electron chi connectivity index (χ1n) is 5.57. The number of rotatable bonds is 3. The monoisotopic (exact) mass is 242 g/mol. The van der Waals surface area contributed by atoms with Crippen molar-refractivity contribution in [3.05, 3.63) is 40.8 Å². The minimum Gasteiger partial charge on any atom is -0.399 e. The van der Waals surface area contributed by atoms with Gasteiger partial charge in [0.1, 0.15) is 11.8 Å². The quantitative estimate of drug-likeness (QED) is 0.806. The molecule has 0 unspecified atom stereocenters. The average molecular weight is 242 g/mol. The van der Waals surface area contributed by atoms with E-state index in [0.717, 1.165) is 22.7 Å². The van der Waals surface area contributed by atoms with Gasteiger partial charge in [-0.2, -0.15) is 5.26 Å². The molecule has 5 heteroatoms. The van der Waals surface area contributed by atoms with E-state index in [9.17, 15) is 0 Å². The highest BCUT2D eigenvalue weighted by Gasteiger charge is 2.09. The zero-order valence-electron chi connectivity index (χ0n) is 10.3. The highest BCUT2D eigenvalue weighted by molar-refractivity contribution is 5.63. The molecule has 18 heavy (non-hydrogen) atoms. The summed E-state index contributed by atoms with van der Waals surface area (Å²) in [5.74, 6) is 0.786. The molecule has 0 saturated heterocycles. The first kappa shape index (κ1) is 12.0. The topological polar surface area (TPSA) is 87.9 Å². The molecule has 0 radical (unpaired) electrons. The normalized spacial score (nSPS) is 10.1. The van der Waals surface area contributed by atoms with E-state index in [1.54, 1.807) is 18.2 Å². The summed E-state index contributed by atoms with van der Waals surface area (Å²) < 4.78 is 5.08. The van der Waals surface area contributed by atoms with E-state index >= 15 is 0 Å². The largest absolute Gasteiger partial charge is 0.399 e. The second-order valence-corrected chi connectivity index (χ2v) is 4.07. The Balaban J connectivity index is 2.19. The van der Waals surface area contributed by atoms with Crippen LogP contribution >= 0.6 is 0 Å². The van der Waals surface area contributed by atoms with Crippen molar-refractivity contribution in [2.45, 2.75) is 20.4 Å². The van der Waals surface area contributed by atoms with Crippen molar-refractivity contribution in [2.24, 2.45) is 0 Å². The second kappa shape index (κ2) is 4.80. The van der Waals surface area contributed by atoms with E-state index in [4.69, 9.17) is 15.5 Å². The second-order valence-electron chi connectivity index (χ2n) is 4.07. The third kappa shape index (κ3) is 2.28. The fraction of sp³-hybridized carbons (Fsp3) is 0.231. The number of anilines is 2. The maximum Gasteiger partial charge on any atom is 0.138 e. The number of nitrogens with one attached hydrogen (secondary N) is 1. The van der Waals surface area contributed by atoms with Gasteiger partial charge in [0.15, 0.2) is 0 Å². The van der Waals surface area contributed by atoms with Crippen LogP contribution < -0.4 is 11.1 Å². The van der Waals surface area contributed by atoms with Gasteiger partial charge in [0, 0.05) is 17.8 Å². The first-order valence-corrected chi connectivity index (χ1v) is 5.57. The fourth-order valence-corrected chi connectivity index (χ4v) is 1.75. The van der Waals surface area contributed by atoms with Crippen LogP contribution in [0, 0.1) is 25.2 Å². The van der Waals surface area contributed by atoms with Crippen LogP contribution in [-0.4, -0.2) is 5.16 Å². The summed E-state index contributed by atoms with van der Waals surface area (Å²) in [5, 5.41) is 16.1. The van der Waals surface area contributed by atoms with E-state index in [1.807, 2.05) is 13.8 Å². The zero-order valence-corrected chi connectivity index (χ0v) is 10.3. The Morgan fingerprint density at radius 3 is 2.83 bits per heavy atom. The SMILES string of the molecule is Cc1noc(C)c1CNc1ccc(N)cc1C#N. The Bertz CT molecular complexity index is 590. The number of nitrogens with two attached hydrogens (primary N) is 1. The summed E-state index contributed by atoms with van der Waals surface area (Å²) in [6, 6.07) is 7.32. The van der Waals surface area contributed by atoms with Crippen LogP contribution in [-0.2, 0) is 6.54 Å². The van der Waals surface area contributed by atoms with E-state index in [2.05, 4.69) is 16.5 Å². The number of aromatic nitrogens is 1. The minimum atomic E-state index is 0.529. The van der Waals surface area contributed by atoms with Crippen LogP contribution in [0.2, 0.25) is 0 Å². The summed E-state index contributed by atoms with van der Waals surface area (Å²) >= 11 is 0. The molecule has 2 rings (SSSR count). The molecule has 0 saturated carbocycles. The Hall–Kier alpha value is -2.48. The van der Waals surface area contributed by atoms with E-state index in [-0.39, 0.29) is 0 Å². The van der Waals surface area contributed by atoms with Gasteiger partial charge in [0.2, 0.25) is 0 Å². The number of aryl methyl sites for hydroxylation is 2. The van der Waals surface area contributed by atoms with E-state index < -0.39 is 0 Å². The number of hydrogen-bond acceptors (Lipinski definition) is 5. The highest BCUT2D eigenvalue weighted by Crippen LogP contribution is 2.20. The Morgan fingerprint density at radius 1 is 1.44 bits per heavy atom. The van der Waals surface area contributed by atoms with Crippen LogP contribution in [0.4, 0.5) is 11.4 Å². The molecule has 0 atom stereocenters. The Morgan fingerprint density at radius 2 is 2.22 bits per heavy atom. The maximum atomic E-state index is 9.03. The van der Waals surface area contributed by atoms with Crippen molar-refractivity contribution in [3.8, 4) is 6.07 Å². The van der Waals surface area contributed by atoms with Gasteiger partial charge in [-0.15, -0.1) is 0 Å². The van der Waals surface area contributed by atoms with Crippen molar-refractivity contribution in [1.82, 2.24) is 5.16 Å². The van der Waals surface area contributed by atoms with Gasteiger partial charge in [0.05, 0.1) is 16.9 Å². The molecule has 0 spiro atoms. The van der Waals surface area contributed by atoms with Crippen molar-refractivity contribution >= 4 is 11.4 Å². The van der Waals surface area contributed by atoms with E-state index in [1.165, 1.54) is 0 Å². The summed E-state index contributed by atoms with van der Waals surface area (Å²) in [5.41, 5.74) is 9.37. The number of benzene rings is 1. The van der Waals surface area contributed by atoms with Crippen LogP contribution in [0.5, 0.6) is 0 Å². The lowest BCUT2D eigenvalue weighted by atomic mass is 10.1. The van der Waals surface area contributed by atoms with Gasteiger partial charge in [-0.05, 0) is 32.0 Å². The molecule has 1 aromatic heterocycles. The third-order valence-corrected chi connectivity index (χ3v) is 2.80. The molecule has 5 nitrogen and oxygen atoms in total. The number of nitriles is 1. The molecule has 0 aliphatic heterocycles. The molecular weight excluding hydrogens is 228 g/mol. The van der Waals surface area contributed by atoms with Gasteiger partial charge in [-0.1, -0.05) is 5.16 Å². The van der Waals surface area contributed by atoms with Crippen molar-refractivity contribution in [1.29, 1.82) is 5.26 Å². The van der Waals surface area contributed by atoms with Gasteiger partial charge in [-0.25, -0.2) is 0 Å². The fourth-order valence-electron chi connectivity index (χ4n) is 1.75. The Labute approximate surface area is 105 Å². The molecule has 1 aromatic carbocycles. The highest BCUT2D eigenvalue weighted by atomic mass is 16.5. The zero-order chi connectivity index (χ0) is 13.1. The van der Waals surface area contributed by atoms with Crippen LogP contribution in [0.1, 0.15) is 22.6 Å². The molecule has 0 bridgehead atoms. The van der Waals surface area contributed by atoms with Gasteiger partial charge in [-0.3, -0.25) is 0 Å². The number of hydrogen-bond donors (Lipinski definition) is 2. The molecular formula is C13H14N4O. The number of nitrogens with zero attached hydrogens (tertiary/aromatic N) is 2. The molecule has 0 amide bonds. The van der Waals surface area contributed by atoms with Crippen molar-refractivity contribution in [2.75, 3.05) is 11.1 Å². The van der Waals surface area contributed by atoms with Crippen molar-refractivity contribution in [3.63, 3.8) is 0 Å². The maximum absolute atomic E-state index is 9.03. The summed E-state index contributed by atoms with van der Waals surface area (Å²) in [6.07, 6.45) is 0. The first-order chi connectivity index (χ1) is 8.61. The molecule has 1 heterocycles. The molecule has 0 aliphatic rings. The standard InChI is InChI=1S/C13H14N4O/c1-8-12(9(2)18-17-8)7-16-13-4-3-11(15)5-10(13)6-14/h3-5,16H,7,15H2,1-2H3. The molecule has 2 aromatic rings. The molecule has 0 aliphatic carbocycles. The lowest BCUT2D eigenvalue weighted by Gasteiger charge is -2.08. The summed E-state index contributed by atoms with van der Waals surface area (Å²) in [6.45, 7) is 4.33. The predicted octanol–water partition coefficient (Wildman–Crippen LogP) is 2.36. The third-order valence-electron chi connectivity index (χ3n) is 2.80. The van der Waals surface area contributed by atoms with Gasteiger partial charge in [0.25, 0.3) is 0 Å². The van der Waals surface area contributed by atoms with Crippen molar-refractivity contribution < 1.29 is 4.52 Å². The summed E-state index contributed by atoms with van der Waals surface area (Å²) in [4.78, 5) is 0. The molecule has 0 fully saturated rings. The van der Waals surface area contributed by atoms with Gasteiger partial charge < -0.3 is 15.6 Å². The molecule has 92 valence electrons. The molecule has 3 N–H and O–H groups in total. The lowest BCUT2D eigenvalue weighted by Crippen LogP contribution is -2.03. The van der Waals surface area contributed by atoms with Crippen LogP contribution in [0.25, 0.3) is 0 Å². The van der Waals surface area contributed by atoms with Gasteiger partial charge >= 0.3 is 0 Å².